The van der Waals surface area contributed by atoms with Gasteiger partial charge in [0.2, 0.25) is 0 Å². The van der Waals surface area contributed by atoms with E-state index in [0.29, 0.717) is 0 Å². The van der Waals surface area contributed by atoms with Crippen molar-refractivity contribution in [2.24, 2.45) is 0 Å². The van der Waals surface area contributed by atoms with E-state index >= 15 is 0 Å². The van der Waals surface area contributed by atoms with E-state index in [1.807, 2.05) is 0 Å². The molecule has 0 unspecified atom stereocenters. The van der Waals surface area contributed by atoms with Crippen LogP contribution < -0.4 is 0 Å². The van der Waals surface area contributed by atoms with E-state index in [4.69, 9.17) is 0 Å². The van der Waals surface area contributed by atoms with Gasteiger partial charge in [-0.15, -0.1) is 0 Å². The van der Waals surface area contributed by atoms with Crippen LogP contribution in [0.15, 0.2) is 121 Å². The zero-order valence-electron chi connectivity index (χ0n) is 26.0. The molecule has 6 aromatic carbocycles. The normalized spacial score (nSPS) is 13.1. The van der Waals surface area contributed by atoms with Gasteiger partial charge in [0, 0.05) is 5.41 Å². The Labute approximate surface area is 256 Å². The Bertz CT molecular complexity index is 1850. The molecule has 0 bridgehead atoms. The van der Waals surface area contributed by atoms with E-state index in [9.17, 15) is 0 Å². The Balaban J connectivity index is 1.19. The summed E-state index contributed by atoms with van der Waals surface area (Å²) in [5.74, 6) is 0. The van der Waals surface area contributed by atoms with E-state index in [1.54, 1.807) is 0 Å². The average Bonchev–Trinajstić information content (AvgIpc) is 3.23. The molecule has 6 aromatic rings. The van der Waals surface area contributed by atoms with Crippen molar-refractivity contribution in [2.75, 3.05) is 0 Å². The Hall–Kier alpha value is -4.68. The maximum Gasteiger partial charge on any atom is 0.0159 e. The minimum Gasteiger partial charge on any atom is -0.0587 e. The Kier molecular flexibility index (Phi) is 6.47. The lowest BCUT2D eigenvalue weighted by Crippen LogP contribution is -2.15. The second-order valence-corrected chi connectivity index (χ2v) is 12.9. The molecule has 210 valence electrons. The van der Waals surface area contributed by atoms with Crippen molar-refractivity contribution in [2.45, 2.75) is 47.0 Å². The minimum absolute atomic E-state index is 0.0748. The summed E-state index contributed by atoms with van der Waals surface area (Å²) in [6.45, 7) is 13.4. The quantitative estimate of drug-likeness (QED) is 0.203. The van der Waals surface area contributed by atoms with Crippen LogP contribution in [-0.2, 0) is 5.41 Å². The summed E-state index contributed by atoms with van der Waals surface area (Å²) in [6, 6.07) is 45.6. The van der Waals surface area contributed by atoms with Gasteiger partial charge < -0.3 is 0 Å². The predicted molar refractivity (Wildman–Crippen MR) is 185 cm³/mol. The van der Waals surface area contributed by atoms with Gasteiger partial charge in [-0.05, 0) is 118 Å². The number of fused-ring (bicyclic) bond motifs is 3. The summed E-state index contributed by atoms with van der Waals surface area (Å²) in [4.78, 5) is 0. The Morgan fingerprint density at radius 1 is 0.326 bits per heavy atom. The van der Waals surface area contributed by atoms with E-state index in [1.165, 1.54) is 89.0 Å². The van der Waals surface area contributed by atoms with Crippen LogP contribution in [0.1, 0.15) is 47.2 Å². The van der Waals surface area contributed by atoms with Crippen LogP contribution in [0.25, 0.3) is 55.6 Å². The van der Waals surface area contributed by atoms with Crippen LogP contribution in [-0.4, -0.2) is 0 Å². The van der Waals surface area contributed by atoms with Gasteiger partial charge in [0.25, 0.3) is 0 Å². The van der Waals surface area contributed by atoms with E-state index < -0.39 is 0 Å². The lowest BCUT2D eigenvalue weighted by molar-refractivity contribution is 0.661. The highest BCUT2D eigenvalue weighted by molar-refractivity contribution is 5.86. The summed E-state index contributed by atoms with van der Waals surface area (Å²) in [5.41, 5.74) is 20.9. The van der Waals surface area contributed by atoms with E-state index in [0.717, 1.165) is 0 Å². The lowest BCUT2D eigenvalue weighted by atomic mass is 9.80. The first-order valence-electron chi connectivity index (χ1n) is 15.3. The van der Waals surface area contributed by atoms with Crippen molar-refractivity contribution in [1.82, 2.24) is 0 Å². The maximum atomic E-state index is 2.42. The molecular formula is C43H38. The second kappa shape index (κ2) is 10.2. The number of rotatable bonds is 4. The summed E-state index contributed by atoms with van der Waals surface area (Å²) in [6.07, 6.45) is 0. The molecule has 0 amide bonds. The van der Waals surface area contributed by atoms with Gasteiger partial charge in [0.15, 0.2) is 0 Å². The molecule has 0 heterocycles. The fraction of sp³-hybridized carbons (Fsp3) is 0.163. The van der Waals surface area contributed by atoms with Crippen molar-refractivity contribution < 1.29 is 0 Å². The molecule has 0 heteroatoms. The molecule has 0 aromatic heterocycles. The number of benzene rings is 6. The molecule has 0 spiro atoms. The summed E-state index contributed by atoms with van der Waals surface area (Å²) in [7, 11) is 0. The van der Waals surface area contributed by atoms with Gasteiger partial charge in [-0.1, -0.05) is 134 Å². The van der Waals surface area contributed by atoms with Crippen molar-refractivity contribution in [3.63, 3.8) is 0 Å². The van der Waals surface area contributed by atoms with Gasteiger partial charge in [0.05, 0.1) is 0 Å². The van der Waals surface area contributed by atoms with Gasteiger partial charge in [0.1, 0.15) is 0 Å². The predicted octanol–water partition coefficient (Wildman–Crippen LogP) is 11.9. The summed E-state index contributed by atoms with van der Waals surface area (Å²) >= 11 is 0. The maximum absolute atomic E-state index is 2.42. The molecule has 7 rings (SSSR count). The molecular weight excluding hydrogens is 516 g/mol. The molecule has 0 saturated carbocycles. The number of hydrogen-bond donors (Lipinski definition) is 0. The highest BCUT2D eigenvalue weighted by Gasteiger charge is 2.35. The highest BCUT2D eigenvalue weighted by Crippen LogP contribution is 2.50. The summed E-state index contributed by atoms with van der Waals surface area (Å²) in [5, 5.41) is 0. The van der Waals surface area contributed by atoms with Crippen LogP contribution in [0.5, 0.6) is 0 Å². The molecule has 1 aliphatic rings. The Morgan fingerprint density at radius 2 is 0.651 bits per heavy atom. The summed E-state index contributed by atoms with van der Waals surface area (Å²) < 4.78 is 0. The van der Waals surface area contributed by atoms with E-state index in [2.05, 4.69) is 163 Å². The van der Waals surface area contributed by atoms with Crippen LogP contribution in [0.2, 0.25) is 0 Å². The molecule has 43 heavy (non-hydrogen) atoms. The topological polar surface area (TPSA) is 0 Å². The third-order valence-corrected chi connectivity index (χ3v) is 9.50. The largest absolute Gasteiger partial charge is 0.0587 e. The van der Waals surface area contributed by atoms with Crippen LogP contribution in [0.4, 0.5) is 0 Å². The van der Waals surface area contributed by atoms with E-state index in [-0.39, 0.29) is 5.41 Å². The van der Waals surface area contributed by atoms with Crippen molar-refractivity contribution in [1.29, 1.82) is 0 Å². The zero-order valence-corrected chi connectivity index (χ0v) is 26.0. The SMILES string of the molecule is Cc1ccc(-c2ccc(-c3ccc4c(c3)C(C)(C)c3cc(-c5ccc(-c6ccc(C)cc6C)cc5)ccc3-4)cc2)c(C)c1. The van der Waals surface area contributed by atoms with Crippen molar-refractivity contribution in [3.8, 4) is 55.6 Å². The fourth-order valence-corrected chi connectivity index (χ4v) is 7.06. The first-order chi connectivity index (χ1) is 20.7. The minimum atomic E-state index is -0.0748. The number of hydrogen-bond acceptors (Lipinski definition) is 0. The molecule has 0 nitrogen and oxygen atoms in total. The molecule has 0 aliphatic heterocycles. The fourth-order valence-electron chi connectivity index (χ4n) is 7.06. The molecule has 0 N–H and O–H groups in total. The van der Waals surface area contributed by atoms with Crippen LogP contribution >= 0.6 is 0 Å². The van der Waals surface area contributed by atoms with Crippen molar-refractivity contribution >= 4 is 0 Å². The van der Waals surface area contributed by atoms with Crippen LogP contribution in [0, 0.1) is 27.7 Å². The lowest BCUT2D eigenvalue weighted by Gasteiger charge is -2.22. The molecule has 0 fully saturated rings. The third kappa shape index (κ3) is 4.72. The van der Waals surface area contributed by atoms with Gasteiger partial charge in [-0.2, -0.15) is 0 Å². The molecule has 0 saturated heterocycles. The van der Waals surface area contributed by atoms with Gasteiger partial charge in [-0.3, -0.25) is 0 Å². The van der Waals surface area contributed by atoms with Crippen LogP contribution in [0.3, 0.4) is 0 Å². The van der Waals surface area contributed by atoms with Gasteiger partial charge in [-0.25, -0.2) is 0 Å². The standard InChI is InChI=1S/C43H38/c1-27-7-19-37(29(3)23-27)33-13-9-31(10-14-33)35-17-21-39-40-22-18-36(26-42(40)43(5,6)41(39)25-35)32-11-15-34(16-12-32)38-20-8-28(2)24-30(38)4/h7-26H,1-6H3. The molecule has 0 radical (unpaired) electrons. The molecule has 1 aliphatic carbocycles. The highest BCUT2D eigenvalue weighted by atomic mass is 14.4. The van der Waals surface area contributed by atoms with Gasteiger partial charge >= 0.3 is 0 Å². The molecule has 0 atom stereocenters. The second-order valence-electron chi connectivity index (χ2n) is 12.9. The third-order valence-electron chi connectivity index (χ3n) is 9.50. The monoisotopic (exact) mass is 554 g/mol. The average molecular weight is 555 g/mol. The number of aryl methyl sites for hydroxylation is 4. The smallest absolute Gasteiger partial charge is 0.0159 e. The zero-order chi connectivity index (χ0) is 29.9. The first-order valence-corrected chi connectivity index (χ1v) is 15.3. The first kappa shape index (κ1) is 27.2. The van der Waals surface area contributed by atoms with Crippen molar-refractivity contribution in [3.05, 3.63) is 155 Å². The Morgan fingerprint density at radius 3 is 1.02 bits per heavy atom.